The Balaban J connectivity index is 1.85. The Morgan fingerprint density at radius 3 is 2.57 bits per heavy atom. The van der Waals surface area contributed by atoms with Crippen molar-refractivity contribution >= 4 is 27.8 Å². The molecule has 0 saturated carbocycles. The van der Waals surface area contributed by atoms with Crippen LogP contribution < -0.4 is 9.62 Å². The highest BCUT2D eigenvalue weighted by Gasteiger charge is 2.45. The van der Waals surface area contributed by atoms with Crippen molar-refractivity contribution in [3.8, 4) is 0 Å². The lowest BCUT2D eigenvalue weighted by molar-refractivity contribution is -0.133. The summed E-state index contributed by atoms with van der Waals surface area (Å²) in [6.45, 7) is 3.22. The predicted octanol–water partition coefficient (Wildman–Crippen LogP) is 1.16. The van der Waals surface area contributed by atoms with Crippen LogP contribution in [0.1, 0.15) is 40.5 Å². The highest BCUT2D eigenvalue weighted by molar-refractivity contribution is 7.87. The third-order valence-corrected chi connectivity index (χ3v) is 6.75. The highest BCUT2D eigenvalue weighted by Crippen LogP contribution is 2.37. The van der Waals surface area contributed by atoms with Crippen LogP contribution in [0.3, 0.4) is 0 Å². The molecule has 0 atom stereocenters. The van der Waals surface area contributed by atoms with Crippen LogP contribution in [0.25, 0.3) is 0 Å². The molecule has 0 aromatic heterocycles. The van der Waals surface area contributed by atoms with Crippen LogP contribution in [-0.4, -0.2) is 71.6 Å². The molecule has 2 aliphatic heterocycles. The monoisotopic (exact) mass is 443 g/mol. The number of halogens is 1. The van der Waals surface area contributed by atoms with E-state index in [1.165, 1.54) is 15.3 Å². The molecule has 2 aliphatic rings. The zero-order valence-electron chi connectivity index (χ0n) is 17.2. The van der Waals surface area contributed by atoms with Crippen molar-refractivity contribution in [2.24, 2.45) is 5.41 Å². The van der Waals surface area contributed by atoms with Crippen molar-refractivity contribution in [3.05, 3.63) is 29.1 Å². The topological polar surface area (TPSA) is 105 Å². The molecular formula is C19H26FN3O6S. The molecule has 1 aromatic rings. The van der Waals surface area contributed by atoms with Gasteiger partial charge in [-0.2, -0.15) is 12.7 Å². The molecule has 166 valence electrons. The Morgan fingerprint density at radius 2 is 2.00 bits per heavy atom. The molecule has 1 amide bonds. The van der Waals surface area contributed by atoms with E-state index < -0.39 is 27.9 Å². The second-order valence-corrected chi connectivity index (χ2v) is 9.50. The number of carbonyl (C=O) groups excluding carboxylic acids is 2. The zero-order valence-corrected chi connectivity index (χ0v) is 18.1. The largest absolute Gasteiger partial charge is 0.462 e. The first kappa shape index (κ1) is 22.4. The fourth-order valence-corrected chi connectivity index (χ4v) is 5.00. The van der Waals surface area contributed by atoms with E-state index in [1.54, 1.807) is 21.0 Å². The summed E-state index contributed by atoms with van der Waals surface area (Å²) in [4.78, 5) is 26.2. The minimum Gasteiger partial charge on any atom is -0.462 e. The Bertz CT molecular complexity index is 946. The van der Waals surface area contributed by atoms with Crippen molar-refractivity contribution in [2.45, 2.75) is 19.8 Å². The number of piperidine rings is 1. The standard InChI is InChI=1S/C19H26FN3O6S/c1-4-29-18(25)13-9-16(22(2)3)14(8-15(13)20)17(24)21-30(26,27)23-7-5-6-19(10-23)11-28-12-19/h8-9H,4-7,10-12H2,1-3H3,(H,21,24). The molecule has 0 radical (unpaired) electrons. The number of carbonyl (C=O) groups is 2. The van der Waals surface area contributed by atoms with Crippen molar-refractivity contribution in [2.75, 3.05) is 51.9 Å². The van der Waals surface area contributed by atoms with Gasteiger partial charge in [-0.3, -0.25) is 4.79 Å². The lowest BCUT2D eigenvalue weighted by Gasteiger charge is -2.47. The molecule has 1 aromatic carbocycles. The van der Waals surface area contributed by atoms with Gasteiger partial charge in [-0.15, -0.1) is 0 Å². The number of ether oxygens (including phenoxy) is 2. The lowest BCUT2D eigenvalue weighted by Crippen LogP contribution is -2.57. The van der Waals surface area contributed by atoms with Crippen LogP contribution in [0.2, 0.25) is 0 Å². The maximum absolute atomic E-state index is 14.5. The van der Waals surface area contributed by atoms with Crippen LogP contribution >= 0.6 is 0 Å². The second-order valence-electron chi connectivity index (χ2n) is 7.83. The number of hydrogen-bond donors (Lipinski definition) is 1. The fraction of sp³-hybridized carbons (Fsp3) is 0.579. The summed E-state index contributed by atoms with van der Waals surface area (Å²) >= 11 is 0. The molecule has 11 heteroatoms. The van der Waals surface area contributed by atoms with Gasteiger partial charge in [0.2, 0.25) is 0 Å². The van der Waals surface area contributed by atoms with E-state index in [4.69, 9.17) is 9.47 Å². The zero-order chi connectivity index (χ0) is 22.1. The third kappa shape index (κ3) is 4.42. The molecule has 1 N–H and O–H groups in total. The Hall–Kier alpha value is -2.24. The highest BCUT2D eigenvalue weighted by atomic mass is 32.2. The third-order valence-electron chi connectivity index (χ3n) is 5.31. The molecule has 3 rings (SSSR count). The fourth-order valence-electron chi connectivity index (χ4n) is 3.71. The van der Waals surface area contributed by atoms with Crippen molar-refractivity contribution in [1.29, 1.82) is 0 Å². The normalized spacial score (nSPS) is 18.5. The number of amides is 1. The minimum absolute atomic E-state index is 0.0679. The molecule has 2 saturated heterocycles. The van der Waals surface area contributed by atoms with Crippen molar-refractivity contribution in [3.63, 3.8) is 0 Å². The number of nitrogens with one attached hydrogen (secondary N) is 1. The molecule has 2 heterocycles. The minimum atomic E-state index is -4.12. The lowest BCUT2D eigenvalue weighted by atomic mass is 9.79. The van der Waals surface area contributed by atoms with E-state index in [2.05, 4.69) is 0 Å². The number of rotatable bonds is 6. The molecule has 0 unspecified atom stereocenters. The maximum Gasteiger partial charge on any atom is 0.341 e. The molecule has 2 fully saturated rings. The molecule has 9 nitrogen and oxygen atoms in total. The van der Waals surface area contributed by atoms with Gasteiger partial charge in [-0.1, -0.05) is 0 Å². The molecule has 0 bridgehead atoms. The number of nitrogens with zero attached hydrogens (tertiary/aromatic N) is 2. The van der Waals surface area contributed by atoms with E-state index in [1.807, 2.05) is 4.72 Å². The van der Waals surface area contributed by atoms with Crippen LogP contribution in [0.5, 0.6) is 0 Å². The molecule has 1 spiro atoms. The number of esters is 1. The summed E-state index contributed by atoms with van der Waals surface area (Å²) in [5.41, 5.74) is -0.538. The Labute approximate surface area is 175 Å². The SMILES string of the molecule is CCOC(=O)c1cc(N(C)C)c(C(=O)NS(=O)(=O)N2CCCC3(COC3)C2)cc1F. The number of benzene rings is 1. The summed E-state index contributed by atoms with van der Waals surface area (Å²) in [7, 11) is -0.931. The first-order chi connectivity index (χ1) is 14.1. The summed E-state index contributed by atoms with van der Waals surface area (Å²) < 4.78 is 53.4. The summed E-state index contributed by atoms with van der Waals surface area (Å²) in [5, 5.41) is 0. The predicted molar refractivity (Wildman–Crippen MR) is 107 cm³/mol. The molecule has 0 aliphatic carbocycles. The Morgan fingerprint density at radius 1 is 1.30 bits per heavy atom. The van der Waals surface area contributed by atoms with Gasteiger partial charge < -0.3 is 14.4 Å². The van der Waals surface area contributed by atoms with Gasteiger partial charge in [0.1, 0.15) is 5.82 Å². The van der Waals surface area contributed by atoms with Crippen molar-refractivity contribution < 1.29 is 31.9 Å². The second kappa shape index (κ2) is 8.48. The van der Waals surface area contributed by atoms with Gasteiger partial charge in [-0.25, -0.2) is 13.9 Å². The van der Waals surface area contributed by atoms with E-state index in [0.29, 0.717) is 26.2 Å². The summed E-state index contributed by atoms with van der Waals surface area (Å²) in [6, 6.07) is 2.03. The average molecular weight is 443 g/mol. The first-order valence-corrected chi connectivity index (χ1v) is 11.1. The number of anilines is 1. The number of hydrogen-bond acceptors (Lipinski definition) is 7. The molecule has 30 heavy (non-hydrogen) atoms. The van der Waals surface area contributed by atoms with E-state index >= 15 is 0 Å². The van der Waals surface area contributed by atoms with Crippen molar-refractivity contribution in [1.82, 2.24) is 9.03 Å². The van der Waals surface area contributed by atoms with Crippen LogP contribution in [0.15, 0.2) is 12.1 Å². The smallest absolute Gasteiger partial charge is 0.341 e. The van der Waals surface area contributed by atoms with Gasteiger partial charge in [0.15, 0.2) is 0 Å². The summed E-state index contributed by atoms with van der Waals surface area (Å²) in [5.74, 6) is -2.80. The van der Waals surface area contributed by atoms with Gasteiger partial charge >= 0.3 is 16.2 Å². The maximum atomic E-state index is 14.5. The van der Waals surface area contributed by atoms with Crippen LogP contribution in [0.4, 0.5) is 10.1 Å². The van der Waals surface area contributed by atoms with Gasteiger partial charge in [0.25, 0.3) is 5.91 Å². The van der Waals surface area contributed by atoms with Gasteiger partial charge in [0.05, 0.1) is 36.6 Å². The molecular weight excluding hydrogens is 417 g/mol. The average Bonchev–Trinajstić information content (AvgIpc) is 2.66. The van der Waals surface area contributed by atoms with E-state index in [0.717, 1.165) is 12.5 Å². The van der Waals surface area contributed by atoms with E-state index in [9.17, 15) is 22.4 Å². The van der Waals surface area contributed by atoms with Gasteiger partial charge in [-0.05, 0) is 31.9 Å². The Kier molecular flexibility index (Phi) is 6.34. The summed E-state index contributed by atoms with van der Waals surface area (Å²) in [6.07, 6.45) is 1.54. The van der Waals surface area contributed by atoms with E-state index in [-0.39, 0.29) is 35.4 Å². The first-order valence-electron chi connectivity index (χ1n) is 9.66. The van der Waals surface area contributed by atoms with Crippen LogP contribution in [-0.2, 0) is 19.7 Å². The quantitative estimate of drug-likeness (QED) is 0.658. The van der Waals surface area contributed by atoms with Crippen LogP contribution in [0, 0.1) is 11.2 Å². The van der Waals surface area contributed by atoms with Gasteiger partial charge in [0, 0.05) is 32.6 Å².